The van der Waals surface area contributed by atoms with Crippen molar-refractivity contribution in [1.82, 2.24) is 15.6 Å². The Kier molecular flexibility index (Phi) is 6.35. The molecule has 3 aromatic rings. The molecule has 0 unspecified atom stereocenters. The van der Waals surface area contributed by atoms with E-state index in [1.54, 1.807) is 0 Å². The number of urea groups is 1. The molecule has 0 saturated heterocycles. The zero-order chi connectivity index (χ0) is 19.9. The Morgan fingerprint density at radius 1 is 1.07 bits per heavy atom. The molecule has 0 radical (unpaired) electrons. The van der Waals surface area contributed by atoms with Gasteiger partial charge in [-0.3, -0.25) is 0 Å². The van der Waals surface area contributed by atoms with Crippen LogP contribution in [0.4, 0.5) is 4.79 Å². The summed E-state index contributed by atoms with van der Waals surface area (Å²) in [7, 11) is 0. The Hall–Kier alpha value is -2.95. The van der Waals surface area contributed by atoms with Gasteiger partial charge in [0.1, 0.15) is 12.4 Å². The third kappa shape index (κ3) is 5.31. The number of aromatic nitrogens is 1. The summed E-state index contributed by atoms with van der Waals surface area (Å²) in [5.41, 5.74) is 3.40. The van der Waals surface area contributed by atoms with Crippen molar-refractivity contribution in [2.75, 3.05) is 6.54 Å². The first-order chi connectivity index (χ1) is 14.3. The first kappa shape index (κ1) is 19.4. The first-order valence-corrected chi connectivity index (χ1v) is 10.6. The lowest BCUT2D eigenvalue weighted by molar-refractivity contribution is 0.233. The second-order valence-corrected chi connectivity index (χ2v) is 7.78. The SMILES string of the molecule is O=C(NCCc1c[nH]c2cc(OCc3ccccc3)ccc12)NC1CCCCC1. The quantitative estimate of drug-likeness (QED) is 0.535. The number of rotatable bonds is 7. The van der Waals surface area contributed by atoms with E-state index < -0.39 is 0 Å². The van der Waals surface area contributed by atoms with Crippen molar-refractivity contribution in [3.8, 4) is 5.75 Å². The first-order valence-electron chi connectivity index (χ1n) is 10.6. The standard InChI is InChI=1S/C24H29N3O2/c28-24(27-20-9-5-2-6-10-20)25-14-13-19-16-26-23-15-21(11-12-22(19)23)29-17-18-7-3-1-4-8-18/h1,3-4,7-8,11-12,15-16,20,26H,2,5-6,9-10,13-14,17H2,(H2,25,27,28). The van der Waals surface area contributed by atoms with E-state index >= 15 is 0 Å². The second kappa shape index (κ2) is 9.50. The lowest BCUT2D eigenvalue weighted by atomic mass is 9.96. The van der Waals surface area contributed by atoms with Crippen molar-refractivity contribution in [1.29, 1.82) is 0 Å². The number of carbonyl (C=O) groups is 1. The number of fused-ring (bicyclic) bond motifs is 1. The van der Waals surface area contributed by atoms with Crippen LogP contribution < -0.4 is 15.4 Å². The van der Waals surface area contributed by atoms with Gasteiger partial charge in [-0.05, 0) is 42.5 Å². The fourth-order valence-corrected chi connectivity index (χ4v) is 4.00. The Morgan fingerprint density at radius 2 is 1.90 bits per heavy atom. The molecule has 1 aliphatic carbocycles. The number of hydrogen-bond acceptors (Lipinski definition) is 2. The van der Waals surface area contributed by atoms with Gasteiger partial charge in [0, 0.05) is 35.8 Å². The topological polar surface area (TPSA) is 66.2 Å². The molecular formula is C24H29N3O2. The molecule has 5 heteroatoms. The van der Waals surface area contributed by atoms with Crippen molar-refractivity contribution < 1.29 is 9.53 Å². The molecule has 3 N–H and O–H groups in total. The van der Waals surface area contributed by atoms with Crippen LogP contribution in [-0.4, -0.2) is 23.6 Å². The Morgan fingerprint density at radius 3 is 2.72 bits per heavy atom. The highest BCUT2D eigenvalue weighted by atomic mass is 16.5. The summed E-state index contributed by atoms with van der Waals surface area (Å²) < 4.78 is 5.91. The lowest BCUT2D eigenvalue weighted by Crippen LogP contribution is -2.43. The Bertz CT molecular complexity index is 930. The van der Waals surface area contributed by atoms with Crippen molar-refractivity contribution in [2.45, 2.75) is 51.2 Å². The number of H-pyrrole nitrogens is 1. The zero-order valence-electron chi connectivity index (χ0n) is 16.7. The maximum atomic E-state index is 12.1. The molecule has 0 atom stereocenters. The molecule has 1 aliphatic rings. The summed E-state index contributed by atoms with van der Waals surface area (Å²) in [6.45, 7) is 1.18. The summed E-state index contributed by atoms with van der Waals surface area (Å²) in [6, 6.07) is 16.6. The van der Waals surface area contributed by atoms with Crippen LogP contribution in [-0.2, 0) is 13.0 Å². The van der Waals surface area contributed by atoms with Gasteiger partial charge in [0.25, 0.3) is 0 Å². The molecule has 1 saturated carbocycles. The fraction of sp³-hybridized carbons (Fsp3) is 0.375. The van der Waals surface area contributed by atoms with Gasteiger partial charge < -0.3 is 20.4 Å². The minimum Gasteiger partial charge on any atom is -0.489 e. The largest absolute Gasteiger partial charge is 0.489 e. The van der Waals surface area contributed by atoms with E-state index in [-0.39, 0.29) is 6.03 Å². The molecule has 1 heterocycles. The highest BCUT2D eigenvalue weighted by Gasteiger charge is 2.15. The maximum Gasteiger partial charge on any atom is 0.315 e. The average molecular weight is 392 g/mol. The molecule has 5 nitrogen and oxygen atoms in total. The third-order valence-electron chi connectivity index (χ3n) is 5.61. The van der Waals surface area contributed by atoms with Gasteiger partial charge in [-0.1, -0.05) is 49.6 Å². The average Bonchev–Trinajstić information content (AvgIpc) is 3.16. The smallest absolute Gasteiger partial charge is 0.315 e. The predicted molar refractivity (Wildman–Crippen MR) is 116 cm³/mol. The van der Waals surface area contributed by atoms with Crippen molar-refractivity contribution in [2.24, 2.45) is 0 Å². The number of amides is 2. The van der Waals surface area contributed by atoms with E-state index in [0.29, 0.717) is 19.2 Å². The van der Waals surface area contributed by atoms with E-state index in [0.717, 1.165) is 36.1 Å². The third-order valence-corrected chi connectivity index (χ3v) is 5.61. The molecule has 0 bridgehead atoms. The normalized spacial score (nSPS) is 14.6. The van der Waals surface area contributed by atoms with Crippen LogP contribution in [0, 0.1) is 0 Å². The molecule has 1 fully saturated rings. The highest BCUT2D eigenvalue weighted by Crippen LogP contribution is 2.24. The summed E-state index contributed by atoms with van der Waals surface area (Å²) >= 11 is 0. The number of benzene rings is 2. The Balaban J connectivity index is 1.27. The molecule has 29 heavy (non-hydrogen) atoms. The number of ether oxygens (including phenoxy) is 1. The van der Waals surface area contributed by atoms with Crippen LogP contribution in [0.1, 0.15) is 43.2 Å². The Labute approximate surface area is 171 Å². The molecule has 152 valence electrons. The molecule has 2 aromatic carbocycles. The van der Waals surface area contributed by atoms with E-state index in [2.05, 4.69) is 33.8 Å². The van der Waals surface area contributed by atoms with Crippen molar-refractivity contribution in [3.05, 3.63) is 65.9 Å². The van der Waals surface area contributed by atoms with Crippen LogP contribution in [0.15, 0.2) is 54.7 Å². The summed E-state index contributed by atoms with van der Waals surface area (Å²) in [5, 5.41) is 7.26. The highest BCUT2D eigenvalue weighted by molar-refractivity contribution is 5.84. The van der Waals surface area contributed by atoms with Crippen LogP contribution in [0.3, 0.4) is 0 Å². The maximum absolute atomic E-state index is 12.1. The van der Waals surface area contributed by atoms with Gasteiger partial charge in [-0.15, -0.1) is 0 Å². The van der Waals surface area contributed by atoms with Gasteiger partial charge in [0.2, 0.25) is 0 Å². The second-order valence-electron chi connectivity index (χ2n) is 7.78. The van der Waals surface area contributed by atoms with E-state index in [9.17, 15) is 4.79 Å². The minimum absolute atomic E-state index is 0.0478. The van der Waals surface area contributed by atoms with Crippen LogP contribution in [0.2, 0.25) is 0 Å². The van der Waals surface area contributed by atoms with E-state index in [4.69, 9.17) is 4.74 Å². The van der Waals surface area contributed by atoms with Crippen LogP contribution >= 0.6 is 0 Å². The predicted octanol–water partition coefficient (Wildman–Crippen LogP) is 4.92. The van der Waals surface area contributed by atoms with E-state index in [1.165, 1.54) is 30.2 Å². The van der Waals surface area contributed by atoms with Gasteiger partial charge in [0.05, 0.1) is 0 Å². The van der Waals surface area contributed by atoms with Gasteiger partial charge in [0.15, 0.2) is 0 Å². The molecular weight excluding hydrogens is 362 g/mol. The van der Waals surface area contributed by atoms with E-state index in [1.807, 2.05) is 36.5 Å². The van der Waals surface area contributed by atoms with Gasteiger partial charge in [-0.25, -0.2) is 4.79 Å². The molecule has 0 spiro atoms. The monoisotopic (exact) mass is 391 g/mol. The summed E-state index contributed by atoms with van der Waals surface area (Å²) in [5.74, 6) is 0.847. The molecule has 2 amide bonds. The zero-order valence-corrected chi connectivity index (χ0v) is 16.7. The van der Waals surface area contributed by atoms with Gasteiger partial charge >= 0.3 is 6.03 Å². The number of hydrogen-bond donors (Lipinski definition) is 3. The number of aromatic amines is 1. The molecule has 1 aromatic heterocycles. The summed E-state index contributed by atoms with van der Waals surface area (Å²) in [6.07, 6.45) is 8.75. The van der Waals surface area contributed by atoms with Crippen molar-refractivity contribution >= 4 is 16.9 Å². The van der Waals surface area contributed by atoms with Crippen LogP contribution in [0.25, 0.3) is 10.9 Å². The van der Waals surface area contributed by atoms with Gasteiger partial charge in [-0.2, -0.15) is 0 Å². The lowest BCUT2D eigenvalue weighted by Gasteiger charge is -2.22. The molecule has 0 aliphatic heterocycles. The number of carbonyl (C=O) groups excluding carboxylic acids is 1. The number of nitrogens with one attached hydrogen (secondary N) is 3. The molecule has 4 rings (SSSR count). The minimum atomic E-state index is -0.0478. The van der Waals surface area contributed by atoms with Crippen LogP contribution in [0.5, 0.6) is 5.75 Å². The van der Waals surface area contributed by atoms with Crippen molar-refractivity contribution in [3.63, 3.8) is 0 Å². The summed E-state index contributed by atoms with van der Waals surface area (Å²) in [4.78, 5) is 15.4. The fourth-order valence-electron chi connectivity index (χ4n) is 4.00.